The zero-order valence-corrected chi connectivity index (χ0v) is 13.1. The van der Waals surface area contributed by atoms with Crippen LogP contribution in [-0.4, -0.2) is 20.2 Å². The highest BCUT2D eigenvalue weighted by atomic mass is 16.3. The van der Waals surface area contributed by atoms with Gasteiger partial charge < -0.3 is 5.11 Å². The molecule has 3 aromatic carbocycles. The molecule has 2 N–H and O–H groups in total. The maximum Gasteiger partial charge on any atom is 0.143 e. The Morgan fingerprint density at radius 2 is 1.48 bits per heavy atom. The molecule has 0 fully saturated rings. The van der Waals surface area contributed by atoms with Crippen molar-refractivity contribution in [3.05, 3.63) is 72.8 Å². The second kappa shape index (κ2) is 6.40. The van der Waals surface area contributed by atoms with Crippen molar-refractivity contribution < 1.29 is 5.11 Å². The Labute approximate surface area is 143 Å². The van der Waals surface area contributed by atoms with Crippen LogP contribution in [0.2, 0.25) is 0 Å². The first kappa shape index (κ1) is 14.8. The van der Waals surface area contributed by atoms with Gasteiger partial charge in [-0.2, -0.15) is 4.79 Å². The summed E-state index contributed by atoms with van der Waals surface area (Å²) in [5.74, 6) is 0.0824. The summed E-state index contributed by atoms with van der Waals surface area (Å²) < 4.78 is 0. The number of nitrogens with zero attached hydrogens (tertiary/aromatic N) is 5. The maximum atomic E-state index is 9.79. The summed E-state index contributed by atoms with van der Waals surface area (Å²) in [7, 11) is 0. The largest absolute Gasteiger partial charge is 0.506 e. The number of para-hydroxylation sites is 3. The Balaban J connectivity index is 1.66. The second-order valence-corrected chi connectivity index (χ2v) is 5.31. The summed E-state index contributed by atoms with van der Waals surface area (Å²) in [5, 5.41) is 26.4. The lowest BCUT2D eigenvalue weighted by molar-refractivity contribution is 0.476. The average molecular weight is 330 g/mol. The van der Waals surface area contributed by atoms with Crippen molar-refractivity contribution in [2.24, 2.45) is 10.2 Å². The summed E-state index contributed by atoms with van der Waals surface area (Å²) in [6, 6.07) is 21.9. The van der Waals surface area contributed by atoms with E-state index in [4.69, 9.17) is 0 Å². The number of azo groups is 1. The van der Waals surface area contributed by atoms with Crippen molar-refractivity contribution in [3.63, 3.8) is 0 Å². The van der Waals surface area contributed by atoms with Gasteiger partial charge in [0.1, 0.15) is 28.2 Å². The molecule has 0 unspecified atom stereocenters. The molecular formula is C18H14N6O. The van der Waals surface area contributed by atoms with Gasteiger partial charge in [0.05, 0.1) is 5.69 Å². The number of hydrogen-bond donors (Lipinski definition) is 2. The van der Waals surface area contributed by atoms with Gasteiger partial charge in [-0.05, 0) is 41.6 Å². The van der Waals surface area contributed by atoms with Crippen molar-refractivity contribution in [2.75, 3.05) is 5.43 Å². The summed E-state index contributed by atoms with van der Waals surface area (Å²) in [4.78, 5) is 1.59. The molecule has 25 heavy (non-hydrogen) atoms. The molecule has 0 amide bonds. The van der Waals surface area contributed by atoms with Crippen LogP contribution in [0.25, 0.3) is 11.0 Å². The van der Waals surface area contributed by atoms with Crippen molar-refractivity contribution >= 4 is 28.1 Å². The van der Waals surface area contributed by atoms with Crippen molar-refractivity contribution in [1.29, 1.82) is 0 Å². The second-order valence-electron chi connectivity index (χ2n) is 5.31. The number of anilines is 1. The Hall–Kier alpha value is -3.74. The SMILES string of the molecule is Oc1ccccc1N=Nc1ccccc1Nn1nnc2ccccc21. The number of aromatic hydroxyl groups is 1. The summed E-state index contributed by atoms with van der Waals surface area (Å²) in [6.07, 6.45) is 0. The van der Waals surface area contributed by atoms with Crippen molar-refractivity contribution in [1.82, 2.24) is 15.1 Å². The number of phenols is 1. The molecule has 0 saturated carbocycles. The fourth-order valence-electron chi connectivity index (χ4n) is 2.38. The third-order valence-electron chi connectivity index (χ3n) is 3.63. The minimum atomic E-state index is 0.0824. The van der Waals surface area contributed by atoms with Crippen LogP contribution in [0.3, 0.4) is 0 Å². The molecule has 0 aliphatic rings. The predicted octanol–water partition coefficient (Wildman–Crippen LogP) is 4.43. The average Bonchev–Trinajstić information content (AvgIpc) is 3.05. The molecule has 4 rings (SSSR count). The molecule has 1 heterocycles. The van der Waals surface area contributed by atoms with Gasteiger partial charge in [0.25, 0.3) is 0 Å². The predicted molar refractivity (Wildman–Crippen MR) is 95.3 cm³/mol. The molecule has 0 saturated heterocycles. The van der Waals surface area contributed by atoms with Crippen LogP contribution in [0.1, 0.15) is 0 Å². The molecule has 0 aliphatic carbocycles. The number of benzene rings is 3. The first-order valence-electron chi connectivity index (χ1n) is 7.67. The molecule has 0 aliphatic heterocycles. The third-order valence-corrected chi connectivity index (χ3v) is 3.63. The van der Waals surface area contributed by atoms with Crippen LogP contribution < -0.4 is 5.43 Å². The number of rotatable bonds is 4. The van der Waals surface area contributed by atoms with Crippen molar-refractivity contribution in [3.8, 4) is 5.75 Å². The molecule has 1 aromatic heterocycles. The van der Waals surface area contributed by atoms with E-state index in [2.05, 4.69) is 26.0 Å². The van der Waals surface area contributed by atoms with Crippen LogP contribution in [0.5, 0.6) is 5.75 Å². The number of nitrogens with one attached hydrogen (secondary N) is 1. The number of aromatic nitrogens is 3. The van der Waals surface area contributed by atoms with E-state index < -0.39 is 0 Å². The normalized spacial score (nSPS) is 11.2. The Morgan fingerprint density at radius 3 is 2.36 bits per heavy atom. The highest BCUT2D eigenvalue weighted by Crippen LogP contribution is 2.30. The lowest BCUT2D eigenvalue weighted by Crippen LogP contribution is -2.10. The van der Waals surface area contributed by atoms with Crippen LogP contribution in [-0.2, 0) is 0 Å². The molecule has 7 nitrogen and oxygen atoms in total. The van der Waals surface area contributed by atoms with Gasteiger partial charge in [-0.25, -0.2) is 0 Å². The van der Waals surface area contributed by atoms with E-state index in [-0.39, 0.29) is 5.75 Å². The van der Waals surface area contributed by atoms with E-state index in [0.717, 1.165) is 16.7 Å². The lowest BCUT2D eigenvalue weighted by atomic mass is 10.3. The van der Waals surface area contributed by atoms with E-state index in [1.165, 1.54) is 0 Å². The number of fused-ring (bicyclic) bond motifs is 1. The van der Waals surface area contributed by atoms with Crippen LogP contribution in [0, 0.1) is 0 Å². The van der Waals surface area contributed by atoms with E-state index >= 15 is 0 Å². The van der Waals surface area contributed by atoms with E-state index in [9.17, 15) is 5.11 Å². The van der Waals surface area contributed by atoms with Gasteiger partial charge in [-0.3, -0.25) is 5.43 Å². The molecule has 122 valence electrons. The summed E-state index contributed by atoms with van der Waals surface area (Å²) >= 11 is 0. The van der Waals surface area contributed by atoms with Gasteiger partial charge >= 0.3 is 0 Å². The van der Waals surface area contributed by atoms with E-state index in [1.807, 2.05) is 48.5 Å². The van der Waals surface area contributed by atoms with Gasteiger partial charge in [0.2, 0.25) is 0 Å². The number of phenolic OH excluding ortho intramolecular Hbond substituents is 1. The quantitative estimate of drug-likeness (QED) is 0.542. The monoisotopic (exact) mass is 330 g/mol. The minimum Gasteiger partial charge on any atom is -0.506 e. The molecular weight excluding hydrogens is 316 g/mol. The van der Waals surface area contributed by atoms with Gasteiger partial charge in [-0.1, -0.05) is 36.4 Å². The van der Waals surface area contributed by atoms with Crippen LogP contribution >= 0.6 is 0 Å². The molecule has 7 heteroatoms. The van der Waals surface area contributed by atoms with Crippen LogP contribution in [0.15, 0.2) is 83.0 Å². The number of hydrogen-bond acceptors (Lipinski definition) is 6. The Bertz CT molecular complexity index is 1060. The van der Waals surface area contributed by atoms with Gasteiger partial charge in [-0.15, -0.1) is 15.3 Å². The van der Waals surface area contributed by atoms with E-state index in [1.54, 1.807) is 29.1 Å². The first-order chi connectivity index (χ1) is 12.3. The highest BCUT2D eigenvalue weighted by Gasteiger charge is 2.06. The fraction of sp³-hybridized carbons (Fsp3) is 0. The molecule has 0 atom stereocenters. The third kappa shape index (κ3) is 3.02. The first-order valence-corrected chi connectivity index (χ1v) is 7.67. The van der Waals surface area contributed by atoms with E-state index in [0.29, 0.717) is 11.4 Å². The Morgan fingerprint density at radius 1 is 0.800 bits per heavy atom. The standard InChI is InChI=1S/C18H14N6O/c25-18-12-6-4-10-16(18)20-19-13-7-1-2-8-14(13)22-24-17-11-5-3-9-15(17)21-23-24/h1-12,22,25H. The topological polar surface area (TPSA) is 87.7 Å². The summed E-state index contributed by atoms with van der Waals surface area (Å²) in [5.41, 5.74) is 6.57. The zero-order chi connectivity index (χ0) is 17.1. The molecule has 4 aromatic rings. The summed E-state index contributed by atoms with van der Waals surface area (Å²) in [6.45, 7) is 0. The van der Waals surface area contributed by atoms with Crippen LogP contribution in [0.4, 0.5) is 17.1 Å². The molecule has 0 radical (unpaired) electrons. The fourth-order valence-corrected chi connectivity index (χ4v) is 2.38. The maximum absolute atomic E-state index is 9.79. The zero-order valence-electron chi connectivity index (χ0n) is 13.1. The highest BCUT2D eigenvalue weighted by molar-refractivity contribution is 5.75. The lowest BCUT2D eigenvalue weighted by Gasteiger charge is -2.08. The molecule has 0 bridgehead atoms. The smallest absolute Gasteiger partial charge is 0.143 e. The van der Waals surface area contributed by atoms with Gasteiger partial charge in [0.15, 0.2) is 0 Å². The van der Waals surface area contributed by atoms with Crippen molar-refractivity contribution in [2.45, 2.75) is 0 Å². The Kier molecular flexibility index (Phi) is 3.80. The minimum absolute atomic E-state index is 0.0824. The molecule has 0 spiro atoms. The van der Waals surface area contributed by atoms with Gasteiger partial charge in [0, 0.05) is 0 Å².